The van der Waals surface area contributed by atoms with Crippen molar-refractivity contribution >= 4 is 5.91 Å². The molecule has 2 N–H and O–H groups in total. The first-order chi connectivity index (χ1) is 9.13. The van der Waals surface area contributed by atoms with Crippen molar-refractivity contribution in [2.24, 2.45) is 11.7 Å². The number of carbonyl (C=O) groups excluding carboxylic acids is 1. The number of imidazole rings is 1. The highest BCUT2D eigenvalue weighted by Crippen LogP contribution is 2.47. The molecular weight excluding hydrogens is 238 g/mol. The summed E-state index contributed by atoms with van der Waals surface area (Å²) in [6.45, 7) is 2.27. The molecule has 3 rings (SSSR count). The molecule has 1 amide bonds. The molecule has 4 nitrogen and oxygen atoms in total. The van der Waals surface area contributed by atoms with Gasteiger partial charge in [0.2, 0.25) is 5.91 Å². The summed E-state index contributed by atoms with van der Waals surface area (Å²) in [6, 6.07) is 0.477. The Morgan fingerprint density at radius 1 is 1.42 bits per heavy atom. The Bertz CT molecular complexity index is 469. The van der Waals surface area contributed by atoms with E-state index in [1.54, 1.807) is 0 Å². The van der Waals surface area contributed by atoms with Crippen molar-refractivity contribution in [3.05, 3.63) is 18.2 Å². The predicted octanol–water partition coefficient (Wildman–Crippen LogP) is 2.54. The number of nitrogens with zero attached hydrogens (tertiary/aromatic N) is 2. The molecule has 0 aromatic carbocycles. The number of hydrogen-bond acceptors (Lipinski definition) is 2. The second kappa shape index (κ2) is 4.66. The molecule has 2 saturated carbocycles. The molecule has 2 aliphatic carbocycles. The van der Waals surface area contributed by atoms with E-state index in [4.69, 9.17) is 5.73 Å². The standard InChI is InChI=1S/C15H23N3O/c1-11(12-5-3-2-4-6-12)18-9-13(17-10-18)15(7-8-15)14(16)19/h9-12H,2-8H2,1H3,(H2,16,19)/t11-/m1/s1. The lowest BCUT2D eigenvalue weighted by molar-refractivity contribution is -0.120. The highest BCUT2D eigenvalue weighted by molar-refractivity contribution is 5.89. The summed E-state index contributed by atoms with van der Waals surface area (Å²) in [7, 11) is 0. The van der Waals surface area contributed by atoms with Crippen molar-refractivity contribution in [2.75, 3.05) is 0 Å². The maximum Gasteiger partial charge on any atom is 0.229 e. The number of amides is 1. The van der Waals surface area contributed by atoms with E-state index in [0.717, 1.165) is 24.5 Å². The summed E-state index contributed by atoms with van der Waals surface area (Å²) in [5, 5.41) is 0. The fourth-order valence-corrected chi connectivity index (χ4v) is 3.42. The Balaban J connectivity index is 1.76. The van der Waals surface area contributed by atoms with Crippen LogP contribution in [-0.4, -0.2) is 15.5 Å². The molecule has 1 atom stereocenters. The summed E-state index contributed by atoms with van der Waals surface area (Å²) in [6.07, 6.45) is 12.4. The second-order valence-electron chi connectivity index (χ2n) is 6.29. The molecule has 19 heavy (non-hydrogen) atoms. The summed E-state index contributed by atoms with van der Waals surface area (Å²) in [5.41, 5.74) is 5.94. The molecule has 0 spiro atoms. The first kappa shape index (κ1) is 12.7. The van der Waals surface area contributed by atoms with E-state index in [1.165, 1.54) is 32.1 Å². The van der Waals surface area contributed by atoms with E-state index < -0.39 is 5.41 Å². The van der Waals surface area contributed by atoms with Gasteiger partial charge in [-0.15, -0.1) is 0 Å². The minimum absolute atomic E-state index is 0.219. The highest BCUT2D eigenvalue weighted by Gasteiger charge is 2.52. The van der Waals surface area contributed by atoms with Crippen LogP contribution >= 0.6 is 0 Å². The first-order valence-corrected chi connectivity index (χ1v) is 7.47. The zero-order valence-electron chi connectivity index (χ0n) is 11.6. The molecule has 0 unspecified atom stereocenters. The Morgan fingerprint density at radius 3 is 2.68 bits per heavy atom. The number of aromatic nitrogens is 2. The average molecular weight is 261 g/mol. The molecule has 1 aromatic rings. The Hall–Kier alpha value is -1.32. The van der Waals surface area contributed by atoms with Gasteiger partial charge in [0.25, 0.3) is 0 Å². The van der Waals surface area contributed by atoms with E-state index in [2.05, 4.69) is 22.7 Å². The minimum Gasteiger partial charge on any atom is -0.369 e. The predicted molar refractivity (Wildman–Crippen MR) is 73.6 cm³/mol. The van der Waals surface area contributed by atoms with Gasteiger partial charge in [0.1, 0.15) is 0 Å². The van der Waals surface area contributed by atoms with Gasteiger partial charge in [-0.2, -0.15) is 0 Å². The van der Waals surface area contributed by atoms with E-state index >= 15 is 0 Å². The number of nitrogens with two attached hydrogens (primary N) is 1. The van der Waals surface area contributed by atoms with Crippen LogP contribution in [0.25, 0.3) is 0 Å². The lowest BCUT2D eigenvalue weighted by atomic mass is 9.84. The van der Waals surface area contributed by atoms with Crippen LogP contribution in [0.4, 0.5) is 0 Å². The smallest absolute Gasteiger partial charge is 0.229 e. The normalized spacial score (nSPS) is 24.1. The SMILES string of the molecule is C[C@H](C1CCCCC1)n1cnc(C2(C(N)=O)CC2)c1. The van der Waals surface area contributed by atoms with Gasteiger partial charge in [0.05, 0.1) is 17.4 Å². The maximum absolute atomic E-state index is 11.5. The number of rotatable bonds is 4. The van der Waals surface area contributed by atoms with Crippen LogP contribution in [0.1, 0.15) is 63.6 Å². The molecule has 1 heterocycles. The first-order valence-electron chi connectivity index (χ1n) is 7.47. The third-order valence-electron chi connectivity index (χ3n) is 5.12. The van der Waals surface area contributed by atoms with E-state index in [1.807, 2.05) is 6.33 Å². The minimum atomic E-state index is -0.447. The summed E-state index contributed by atoms with van der Waals surface area (Å²) < 4.78 is 2.19. The summed E-state index contributed by atoms with van der Waals surface area (Å²) >= 11 is 0. The Kier molecular flexibility index (Phi) is 3.11. The summed E-state index contributed by atoms with van der Waals surface area (Å²) in [4.78, 5) is 16.0. The van der Waals surface area contributed by atoms with Crippen LogP contribution in [0, 0.1) is 5.92 Å². The van der Waals surface area contributed by atoms with Gasteiger partial charge in [-0.25, -0.2) is 4.98 Å². The van der Waals surface area contributed by atoms with Crippen molar-refractivity contribution in [1.29, 1.82) is 0 Å². The molecular formula is C15H23N3O. The van der Waals surface area contributed by atoms with Gasteiger partial charge in [0, 0.05) is 12.2 Å². The van der Waals surface area contributed by atoms with Gasteiger partial charge in [-0.1, -0.05) is 19.3 Å². The van der Waals surface area contributed by atoms with Crippen molar-refractivity contribution in [3.8, 4) is 0 Å². The van der Waals surface area contributed by atoms with Gasteiger partial charge in [0.15, 0.2) is 0 Å². The van der Waals surface area contributed by atoms with Gasteiger partial charge in [-0.3, -0.25) is 4.79 Å². The molecule has 0 radical (unpaired) electrons. The Labute approximate surface area is 114 Å². The van der Waals surface area contributed by atoms with Gasteiger partial charge in [-0.05, 0) is 38.5 Å². The third kappa shape index (κ3) is 2.17. The molecule has 0 bridgehead atoms. The number of primary amides is 1. The number of carbonyl (C=O) groups is 1. The van der Waals surface area contributed by atoms with Crippen LogP contribution < -0.4 is 5.73 Å². The molecule has 104 valence electrons. The fraction of sp³-hybridized carbons (Fsp3) is 0.733. The van der Waals surface area contributed by atoms with Crippen LogP contribution in [0.15, 0.2) is 12.5 Å². The zero-order valence-corrected chi connectivity index (χ0v) is 11.6. The van der Waals surface area contributed by atoms with E-state index in [-0.39, 0.29) is 5.91 Å². The van der Waals surface area contributed by atoms with Crippen molar-refractivity contribution in [1.82, 2.24) is 9.55 Å². The summed E-state index contributed by atoms with van der Waals surface area (Å²) in [5.74, 6) is 0.530. The molecule has 2 aliphatic rings. The van der Waals surface area contributed by atoms with Crippen molar-refractivity contribution in [3.63, 3.8) is 0 Å². The number of hydrogen-bond donors (Lipinski definition) is 1. The van der Waals surface area contributed by atoms with Crippen LogP contribution in [0.3, 0.4) is 0 Å². The van der Waals surface area contributed by atoms with Crippen LogP contribution in [0.5, 0.6) is 0 Å². The average Bonchev–Trinajstić information content (AvgIpc) is 3.11. The molecule has 0 aliphatic heterocycles. The topological polar surface area (TPSA) is 60.9 Å². The van der Waals surface area contributed by atoms with Crippen LogP contribution in [-0.2, 0) is 10.2 Å². The fourth-order valence-electron chi connectivity index (χ4n) is 3.42. The lowest BCUT2D eigenvalue weighted by Crippen LogP contribution is -2.28. The largest absolute Gasteiger partial charge is 0.369 e. The van der Waals surface area contributed by atoms with Gasteiger partial charge < -0.3 is 10.3 Å². The van der Waals surface area contributed by atoms with Crippen molar-refractivity contribution in [2.45, 2.75) is 63.3 Å². The molecule has 2 fully saturated rings. The molecule has 4 heteroatoms. The molecule has 0 saturated heterocycles. The van der Waals surface area contributed by atoms with Crippen LogP contribution in [0.2, 0.25) is 0 Å². The second-order valence-corrected chi connectivity index (χ2v) is 6.29. The third-order valence-corrected chi connectivity index (χ3v) is 5.12. The van der Waals surface area contributed by atoms with E-state index in [9.17, 15) is 4.79 Å². The molecule has 1 aromatic heterocycles. The van der Waals surface area contributed by atoms with Crippen molar-refractivity contribution < 1.29 is 4.79 Å². The zero-order chi connectivity index (χ0) is 13.5. The highest BCUT2D eigenvalue weighted by atomic mass is 16.1. The maximum atomic E-state index is 11.5. The monoisotopic (exact) mass is 261 g/mol. The van der Waals surface area contributed by atoms with E-state index in [0.29, 0.717) is 6.04 Å². The Morgan fingerprint density at radius 2 is 2.11 bits per heavy atom. The quantitative estimate of drug-likeness (QED) is 0.905. The van der Waals surface area contributed by atoms with Gasteiger partial charge >= 0.3 is 0 Å². The lowest BCUT2D eigenvalue weighted by Gasteiger charge is -2.28.